The van der Waals surface area contributed by atoms with Crippen LogP contribution in [0.2, 0.25) is 0 Å². The molecule has 1 N–H and O–H groups in total. The first kappa shape index (κ1) is 16.3. The molecule has 0 spiro atoms. The number of nitrogens with one attached hydrogen (secondary N) is 1. The fourth-order valence-electron chi connectivity index (χ4n) is 2.18. The van der Waals surface area contributed by atoms with Gasteiger partial charge in [0, 0.05) is 42.3 Å². The number of para-hydroxylation sites is 1. The van der Waals surface area contributed by atoms with Crippen molar-refractivity contribution in [2.45, 2.75) is 13.0 Å². The third-order valence-corrected chi connectivity index (χ3v) is 3.31. The van der Waals surface area contributed by atoms with Crippen LogP contribution in [0.1, 0.15) is 12.0 Å². The lowest BCUT2D eigenvalue weighted by molar-refractivity contribution is -0.143. The van der Waals surface area contributed by atoms with Crippen LogP contribution in [-0.2, 0) is 20.9 Å². The fraction of sp³-hybridized carbons (Fsp3) is 0.235. The molecule has 1 aromatic carbocycles. The zero-order chi connectivity index (χ0) is 16.7. The van der Waals surface area contributed by atoms with Gasteiger partial charge < -0.3 is 14.6 Å². The smallest absolute Gasteiger partial charge is 0.331 e. The van der Waals surface area contributed by atoms with Gasteiger partial charge in [0.2, 0.25) is 0 Å². The molecule has 0 aliphatic heterocycles. The van der Waals surface area contributed by atoms with E-state index in [1.54, 1.807) is 6.08 Å². The normalized spacial score (nSPS) is 10.6. The van der Waals surface area contributed by atoms with Crippen molar-refractivity contribution in [3.63, 3.8) is 0 Å². The topological polar surface area (TPSA) is 84.1 Å². The number of nitriles is 1. The van der Waals surface area contributed by atoms with Crippen LogP contribution >= 0.6 is 0 Å². The molecule has 118 valence electrons. The quantitative estimate of drug-likeness (QED) is 0.652. The SMILES string of the molecule is CNC(=O)COC(=O)C=Cc1cn(CCC#N)c2ccccc12. The number of fused-ring (bicyclic) bond motifs is 1. The molecule has 0 fully saturated rings. The van der Waals surface area contributed by atoms with Crippen LogP contribution in [0.3, 0.4) is 0 Å². The van der Waals surface area contributed by atoms with Crippen LogP contribution in [0.4, 0.5) is 0 Å². The average Bonchev–Trinajstić information content (AvgIpc) is 2.94. The summed E-state index contributed by atoms with van der Waals surface area (Å²) in [4.78, 5) is 22.6. The summed E-state index contributed by atoms with van der Waals surface area (Å²) < 4.78 is 6.79. The van der Waals surface area contributed by atoms with Gasteiger partial charge in [-0.3, -0.25) is 4.79 Å². The molecule has 6 heteroatoms. The molecule has 0 saturated heterocycles. The average molecular weight is 311 g/mol. The molecule has 1 aromatic heterocycles. The van der Waals surface area contributed by atoms with E-state index >= 15 is 0 Å². The number of hydrogen-bond donors (Lipinski definition) is 1. The zero-order valence-corrected chi connectivity index (χ0v) is 12.8. The van der Waals surface area contributed by atoms with Gasteiger partial charge in [0.05, 0.1) is 12.5 Å². The van der Waals surface area contributed by atoms with Crippen molar-refractivity contribution in [2.24, 2.45) is 0 Å². The van der Waals surface area contributed by atoms with Crippen molar-refractivity contribution in [2.75, 3.05) is 13.7 Å². The van der Waals surface area contributed by atoms with Gasteiger partial charge in [0.1, 0.15) is 0 Å². The molecule has 2 aromatic rings. The molecule has 0 saturated carbocycles. The molecule has 6 nitrogen and oxygen atoms in total. The predicted molar refractivity (Wildman–Crippen MR) is 86.2 cm³/mol. The third-order valence-electron chi connectivity index (χ3n) is 3.31. The summed E-state index contributed by atoms with van der Waals surface area (Å²) >= 11 is 0. The summed E-state index contributed by atoms with van der Waals surface area (Å²) in [6.07, 6.45) is 5.25. The van der Waals surface area contributed by atoms with Crippen molar-refractivity contribution < 1.29 is 14.3 Å². The van der Waals surface area contributed by atoms with Crippen molar-refractivity contribution in [1.29, 1.82) is 5.26 Å². The Morgan fingerprint density at radius 3 is 2.91 bits per heavy atom. The minimum atomic E-state index is -0.581. The molecule has 0 unspecified atom stereocenters. The highest BCUT2D eigenvalue weighted by Crippen LogP contribution is 2.22. The predicted octanol–water partition coefficient (Wildman–Crippen LogP) is 1.86. The number of carbonyl (C=O) groups is 2. The molecular weight excluding hydrogens is 294 g/mol. The van der Waals surface area contributed by atoms with E-state index in [0.717, 1.165) is 16.5 Å². The van der Waals surface area contributed by atoms with E-state index in [2.05, 4.69) is 11.4 Å². The summed E-state index contributed by atoms with van der Waals surface area (Å²) in [5.41, 5.74) is 1.86. The fourth-order valence-corrected chi connectivity index (χ4v) is 2.18. The first-order valence-electron chi connectivity index (χ1n) is 7.16. The number of aryl methyl sites for hydroxylation is 1. The number of likely N-dealkylation sites (N-methyl/N-ethyl adjacent to an activating group) is 1. The lowest BCUT2D eigenvalue weighted by Crippen LogP contribution is -2.24. The van der Waals surface area contributed by atoms with E-state index in [1.165, 1.54) is 13.1 Å². The molecule has 1 heterocycles. The number of amides is 1. The number of nitrogens with zero attached hydrogens (tertiary/aromatic N) is 2. The van der Waals surface area contributed by atoms with Crippen molar-refractivity contribution in [3.8, 4) is 6.07 Å². The van der Waals surface area contributed by atoms with Crippen LogP contribution in [0.5, 0.6) is 0 Å². The van der Waals surface area contributed by atoms with Crippen LogP contribution in [0.15, 0.2) is 36.5 Å². The Morgan fingerprint density at radius 2 is 2.17 bits per heavy atom. The number of aromatic nitrogens is 1. The highest BCUT2D eigenvalue weighted by Gasteiger charge is 2.07. The molecule has 0 atom stereocenters. The summed E-state index contributed by atoms with van der Waals surface area (Å²) in [6.45, 7) is 0.287. The Balaban J connectivity index is 2.16. The second-order valence-corrected chi connectivity index (χ2v) is 4.82. The summed E-state index contributed by atoms with van der Waals surface area (Å²) in [5.74, 6) is -0.942. The third kappa shape index (κ3) is 4.20. The maximum absolute atomic E-state index is 11.6. The van der Waals surface area contributed by atoms with Crippen LogP contribution in [0.25, 0.3) is 17.0 Å². The summed E-state index contributed by atoms with van der Waals surface area (Å²) in [5, 5.41) is 12.1. The number of rotatable bonds is 6. The minimum absolute atomic E-state index is 0.302. The van der Waals surface area contributed by atoms with E-state index in [1.807, 2.05) is 35.0 Å². The maximum atomic E-state index is 11.6. The summed E-state index contributed by atoms with van der Waals surface area (Å²) in [6, 6.07) is 9.88. The van der Waals surface area contributed by atoms with Crippen LogP contribution in [-0.4, -0.2) is 30.1 Å². The molecule has 23 heavy (non-hydrogen) atoms. The van der Waals surface area contributed by atoms with Gasteiger partial charge in [-0.05, 0) is 12.1 Å². The highest BCUT2D eigenvalue weighted by molar-refractivity contribution is 5.95. The monoisotopic (exact) mass is 311 g/mol. The second kappa shape index (κ2) is 7.80. The molecule has 0 bridgehead atoms. The maximum Gasteiger partial charge on any atom is 0.331 e. The number of esters is 1. The van der Waals surface area contributed by atoms with Crippen molar-refractivity contribution in [3.05, 3.63) is 42.1 Å². The molecule has 0 radical (unpaired) electrons. The Kier molecular flexibility index (Phi) is 5.53. The van der Waals surface area contributed by atoms with Crippen LogP contribution in [0, 0.1) is 11.3 Å². The van der Waals surface area contributed by atoms with E-state index < -0.39 is 5.97 Å². The molecule has 0 aliphatic rings. The number of benzene rings is 1. The Hall–Kier alpha value is -3.07. The van der Waals surface area contributed by atoms with Gasteiger partial charge in [-0.15, -0.1) is 0 Å². The van der Waals surface area contributed by atoms with Crippen LogP contribution < -0.4 is 5.32 Å². The van der Waals surface area contributed by atoms with Gasteiger partial charge in [-0.1, -0.05) is 18.2 Å². The van der Waals surface area contributed by atoms with Gasteiger partial charge in [-0.25, -0.2) is 4.79 Å². The first-order valence-corrected chi connectivity index (χ1v) is 7.16. The Morgan fingerprint density at radius 1 is 1.39 bits per heavy atom. The van der Waals surface area contributed by atoms with E-state index in [9.17, 15) is 9.59 Å². The van der Waals surface area contributed by atoms with Gasteiger partial charge in [0.25, 0.3) is 5.91 Å². The standard InChI is InChI=1S/C17H17N3O3/c1-19-16(21)12-23-17(22)8-7-13-11-20(10-4-9-18)15-6-3-2-5-14(13)15/h2-3,5-8,11H,4,10,12H2,1H3,(H,19,21). The lowest BCUT2D eigenvalue weighted by Gasteiger charge is -2.00. The zero-order valence-electron chi connectivity index (χ0n) is 12.8. The lowest BCUT2D eigenvalue weighted by atomic mass is 10.1. The molecule has 0 aliphatic carbocycles. The van der Waals surface area contributed by atoms with E-state index in [4.69, 9.17) is 10.00 Å². The molecule has 2 rings (SSSR count). The molecule has 1 amide bonds. The summed E-state index contributed by atoms with van der Waals surface area (Å²) in [7, 11) is 1.47. The second-order valence-electron chi connectivity index (χ2n) is 4.82. The van der Waals surface area contributed by atoms with Crippen molar-refractivity contribution in [1.82, 2.24) is 9.88 Å². The molecular formula is C17H17N3O3. The number of ether oxygens (including phenoxy) is 1. The highest BCUT2D eigenvalue weighted by atomic mass is 16.5. The Bertz CT molecular complexity index is 784. The minimum Gasteiger partial charge on any atom is -0.452 e. The van der Waals surface area contributed by atoms with Gasteiger partial charge in [-0.2, -0.15) is 5.26 Å². The number of hydrogen-bond acceptors (Lipinski definition) is 4. The number of carbonyl (C=O) groups excluding carboxylic acids is 2. The largest absolute Gasteiger partial charge is 0.452 e. The van der Waals surface area contributed by atoms with Gasteiger partial charge >= 0.3 is 5.97 Å². The first-order chi connectivity index (χ1) is 11.2. The Labute approximate surface area is 134 Å². The van der Waals surface area contributed by atoms with Crippen molar-refractivity contribution >= 4 is 28.9 Å². The van der Waals surface area contributed by atoms with E-state index in [0.29, 0.717) is 13.0 Å². The van der Waals surface area contributed by atoms with Gasteiger partial charge in [0.15, 0.2) is 6.61 Å². The van der Waals surface area contributed by atoms with E-state index in [-0.39, 0.29) is 12.5 Å².